The van der Waals surface area contributed by atoms with E-state index in [4.69, 9.17) is 4.74 Å². The van der Waals surface area contributed by atoms with Gasteiger partial charge in [0.2, 0.25) is 0 Å². The minimum atomic E-state index is -1.63. The van der Waals surface area contributed by atoms with Gasteiger partial charge in [-0.15, -0.1) is 0 Å². The van der Waals surface area contributed by atoms with Gasteiger partial charge in [-0.1, -0.05) is 30.3 Å². The molecule has 4 rings (SSSR count). The van der Waals surface area contributed by atoms with Gasteiger partial charge in [0.05, 0.1) is 30.4 Å². The summed E-state index contributed by atoms with van der Waals surface area (Å²) in [6, 6.07) is 15.8. The van der Waals surface area contributed by atoms with E-state index in [9.17, 15) is 15.5 Å². The molecule has 1 saturated heterocycles. The average Bonchev–Trinajstić information content (AvgIpc) is 2.75. The largest absolute Gasteiger partial charge is 0.619 e. The van der Waals surface area contributed by atoms with Crippen LogP contribution in [0.5, 0.6) is 0 Å². The maximum Gasteiger partial charge on any atom is 0.186 e. The summed E-state index contributed by atoms with van der Waals surface area (Å²) in [4.78, 5) is 2.14. The van der Waals surface area contributed by atoms with E-state index in [0.29, 0.717) is 46.9 Å². The summed E-state index contributed by atoms with van der Waals surface area (Å²) < 4.78 is 6.84. The number of aromatic nitrogens is 2. The van der Waals surface area contributed by atoms with E-state index in [0.717, 1.165) is 5.56 Å². The number of ether oxygens (including phenoxy) is 1. The van der Waals surface area contributed by atoms with E-state index in [-0.39, 0.29) is 0 Å². The molecule has 1 atom stereocenters. The van der Waals surface area contributed by atoms with Gasteiger partial charge in [0.25, 0.3) is 0 Å². The summed E-state index contributed by atoms with van der Waals surface area (Å²) in [5.41, 5.74) is 0.0992. The quantitative estimate of drug-likeness (QED) is 0.521. The highest BCUT2D eigenvalue weighted by Crippen LogP contribution is 2.44. The van der Waals surface area contributed by atoms with Crippen LogP contribution in [-0.4, -0.2) is 36.3 Å². The number of pyridine rings is 2. The van der Waals surface area contributed by atoms with E-state index < -0.39 is 11.6 Å². The summed E-state index contributed by atoms with van der Waals surface area (Å²) in [7, 11) is 0. The van der Waals surface area contributed by atoms with Crippen LogP contribution in [0.3, 0.4) is 0 Å². The van der Waals surface area contributed by atoms with Crippen molar-refractivity contribution in [2.24, 2.45) is 0 Å². The highest BCUT2D eigenvalue weighted by atomic mass is 16.5. The number of hydrogen-bond donors (Lipinski definition) is 1. The van der Waals surface area contributed by atoms with Crippen molar-refractivity contribution in [3.8, 4) is 0 Å². The Hall–Kier alpha value is -3.00. The predicted octanol–water partition coefficient (Wildman–Crippen LogP) is 1.26. The molecule has 1 aliphatic heterocycles. The molecule has 0 amide bonds. The Morgan fingerprint density at radius 3 is 1.93 bits per heavy atom. The van der Waals surface area contributed by atoms with E-state index in [1.807, 2.05) is 30.3 Å². The van der Waals surface area contributed by atoms with Crippen molar-refractivity contribution in [2.75, 3.05) is 26.3 Å². The summed E-state index contributed by atoms with van der Waals surface area (Å²) >= 11 is 0. The Morgan fingerprint density at radius 2 is 1.41 bits per heavy atom. The first kappa shape index (κ1) is 19.3. The molecule has 0 radical (unpaired) electrons. The van der Waals surface area contributed by atoms with Crippen molar-refractivity contribution in [3.63, 3.8) is 0 Å². The third-order valence-electron chi connectivity index (χ3n) is 5.35. The molecule has 1 aromatic carbocycles. The topological polar surface area (TPSA) is 86.6 Å². The molecular formula is C22H23N3O4. The zero-order valence-corrected chi connectivity index (χ0v) is 15.9. The normalized spacial score (nSPS) is 16.4. The Kier molecular flexibility index (Phi) is 5.44. The third-order valence-corrected chi connectivity index (χ3v) is 5.35. The standard InChI is InChI=1S/C22H23N3O4/c26-22(19-8-4-10-24(27)16-19,20-9-5-11-25(28)17-20)21(18-6-2-1-3-7-18)23-12-14-29-15-13-23/h1-11,16-17,21,26H,12-15H2. The monoisotopic (exact) mass is 393 g/mol. The van der Waals surface area contributed by atoms with E-state index in [1.54, 1.807) is 24.3 Å². The highest BCUT2D eigenvalue weighted by molar-refractivity contribution is 5.38. The molecular weight excluding hydrogens is 370 g/mol. The lowest BCUT2D eigenvalue weighted by atomic mass is 9.77. The fraction of sp³-hybridized carbons (Fsp3) is 0.273. The van der Waals surface area contributed by atoms with Crippen LogP contribution in [0, 0.1) is 10.4 Å². The van der Waals surface area contributed by atoms with Crippen molar-refractivity contribution in [1.29, 1.82) is 0 Å². The van der Waals surface area contributed by atoms with Crippen LogP contribution in [0.15, 0.2) is 79.4 Å². The predicted molar refractivity (Wildman–Crippen MR) is 105 cm³/mol. The molecule has 1 unspecified atom stereocenters. The van der Waals surface area contributed by atoms with Crippen LogP contribution < -0.4 is 9.46 Å². The molecule has 150 valence electrons. The lowest BCUT2D eigenvalue weighted by molar-refractivity contribution is -0.607. The van der Waals surface area contributed by atoms with E-state index in [1.165, 1.54) is 24.8 Å². The van der Waals surface area contributed by atoms with Crippen molar-refractivity contribution in [1.82, 2.24) is 4.90 Å². The van der Waals surface area contributed by atoms with E-state index >= 15 is 0 Å². The lowest BCUT2D eigenvalue weighted by Crippen LogP contribution is -2.50. The Balaban J connectivity index is 1.95. The van der Waals surface area contributed by atoms with Crippen molar-refractivity contribution in [3.05, 3.63) is 106 Å². The molecule has 0 bridgehead atoms. The second-order valence-electron chi connectivity index (χ2n) is 7.13. The molecule has 1 fully saturated rings. The molecule has 2 aromatic heterocycles. The summed E-state index contributed by atoms with van der Waals surface area (Å²) in [5.74, 6) is 0. The molecule has 29 heavy (non-hydrogen) atoms. The lowest BCUT2D eigenvalue weighted by Gasteiger charge is -2.44. The van der Waals surface area contributed by atoms with Crippen LogP contribution in [0.4, 0.5) is 0 Å². The number of hydrogen-bond acceptors (Lipinski definition) is 5. The van der Waals surface area contributed by atoms with Crippen LogP contribution in [0.2, 0.25) is 0 Å². The molecule has 0 spiro atoms. The van der Waals surface area contributed by atoms with Gasteiger partial charge in [-0.3, -0.25) is 4.90 Å². The van der Waals surface area contributed by atoms with E-state index in [2.05, 4.69) is 4.90 Å². The Labute approximate surface area is 169 Å². The van der Waals surface area contributed by atoms with Gasteiger partial charge in [-0.05, 0) is 17.7 Å². The summed E-state index contributed by atoms with van der Waals surface area (Å²) in [6.45, 7) is 2.34. The molecule has 0 aliphatic carbocycles. The first-order chi connectivity index (χ1) is 14.1. The summed E-state index contributed by atoms with van der Waals surface area (Å²) in [6.07, 6.45) is 5.46. The summed E-state index contributed by atoms with van der Waals surface area (Å²) in [5, 5.41) is 36.4. The first-order valence-corrected chi connectivity index (χ1v) is 9.57. The van der Waals surface area contributed by atoms with Gasteiger partial charge in [-0.25, -0.2) is 0 Å². The minimum Gasteiger partial charge on any atom is -0.619 e. The zero-order valence-electron chi connectivity index (χ0n) is 15.9. The molecule has 7 heteroatoms. The highest BCUT2D eigenvalue weighted by Gasteiger charge is 2.47. The van der Waals surface area contributed by atoms with Crippen LogP contribution in [0.1, 0.15) is 22.7 Å². The smallest absolute Gasteiger partial charge is 0.186 e. The number of rotatable bonds is 5. The van der Waals surface area contributed by atoms with Gasteiger partial charge in [-0.2, -0.15) is 9.46 Å². The fourth-order valence-corrected chi connectivity index (χ4v) is 4.03. The zero-order chi connectivity index (χ0) is 20.3. The first-order valence-electron chi connectivity index (χ1n) is 9.57. The van der Waals surface area contributed by atoms with Crippen LogP contribution in [0.25, 0.3) is 0 Å². The van der Waals surface area contributed by atoms with Crippen LogP contribution in [-0.2, 0) is 10.3 Å². The third kappa shape index (κ3) is 3.80. The molecule has 3 heterocycles. The molecule has 1 N–H and O–H groups in total. The van der Waals surface area contributed by atoms with Gasteiger partial charge < -0.3 is 20.3 Å². The fourth-order valence-electron chi connectivity index (χ4n) is 4.03. The number of morpholine rings is 1. The number of benzene rings is 1. The van der Waals surface area contributed by atoms with Gasteiger partial charge >= 0.3 is 0 Å². The molecule has 0 saturated carbocycles. The molecule has 7 nitrogen and oxygen atoms in total. The maximum atomic E-state index is 12.3. The minimum absolute atomic E-state index is 0.418. The van der Waals surface area contributed by atoms with Crippen molar-refractivity contribution in [2.45, 2.75) is 11.6 Å². The number of nitrogens with zero attached hydrogens (tertiary/aromatic N) is 3. The molecule has 1 aliphatic rings. The van der Waals surface area contributed by atoms with Gasteiger partial charge in [0, 0.05) is 25.2 Å². The van der Waals surface area contributed by atoms with Crippen molar-refractivity contribution >= 4 is 0 Å². The van der Waals surface area contributed by atoms with Crippen molar-refractivity contribution < 1.29 is 19.3 Å². The Bertz CT molecular complexity index is 916. The second-order valence-corrected chi connectivity index (χ2v) is 7.13. The number of aliphatic hydroxyl groups is 1. The second kappa shape index (κ2) is 8.16. The van der Waals surface area contributed by atoms with Crippen LogP contribution >= 0.6 is 0 Å². The van der Waals surface area contributed by atoms with Gasteiger partial charge in [0.1, 0.15) is 5.60 Å². The SMILES string of the molecule is [O-][n+]1cccc(C(O)(c2ccc[n+]([O-])c2)C(c2ccccc2)N2CCOCC2)c1. The molecule has 3 aromatic rings. The van der Waals surface area contributed by atoms with Gasteiger partial charge in [0.15, 0.2) is 24.8 Å². The average molecular weight is 393 g/mol. The maximum absolute atomic E-state index is 12.3. The Morgan fingerprint density at radius 1 is 0.862 bits per heavy atom.